The Kier molecular flexibility index (Phi) is 4.70. The fourth-order valence-electron chi connectivity index (χ4n) is 5.96. The lowest BCUT2D eigenvalue weighted by atomic mass is 9.92. The predicted molar refractivity (Wildman–Crippen MR) is 125 cm³/mol. The molecule has 8 heteroatoms. The van der Waals surface area contributed by atoms with E-state index in [9.17, 15) is 4.79 Å². The number of rotatable bonds is 3. The van der Waals surface area contributed by atoms with Gasteiger partial charge in [-0.1, -0.05) is 41.8 Å². The largest absolute Gasteiger partial charge is 0.488 e. The first-order chi connectivity index (χ1) is 15.5. The Balaban J connectivity index is 1.54. The molecule has 3 aliphatic heterocycles. The predicted octanol–water partition coefficient (Wildman–Crippen LogP) is 4.04. The van der Waals surface area contributed by atoms with Gasteiger partial charge in [0.15, 0.2) is 5.66 Å². The second-order valence-corrected chi connectivity index (χ2v) is 9.93. The zero-order valence-electron chi connectivity index (χ0n) is 17.5. The summed E-state index contributed by atoms with van der Waals surface area (Å²) < 4.78 is 6.12. The van der Waals surface area contributed by atoms with Crippen molar-refractivity contribution in [1.29, 1.82) is 0 Å². The molecule has 3 N–H and O–H groups in total. The van der Waals surface area contributed by atoms with Crippen molar-refractivity contribution >= 4 is 40.5 Å². The molecule has 6 nitrogen and oxygen atoms in total. The van der Waals surface area contributed by atoms with Crippen molar-refractivity contribution in [3.8, 4) is 5.75 Å². The van der Waals surface area contributed by atoms with Gasteiger partial charge in [-0.25, -0.2) is 0 Å². The first kappa shape index (κ1) is 20.4. The number of ether oxygens (including phenoxy) is 1. The summed E-state index contributed by atoms with van der Waals surface area (Å²) in [6.07, 6.45) is 3.67. The van der Waals surface area contributed by atoms with Crippen molar-refractivity contribution in [1.82, 2.24) is 10.3 Å². The number of hydrogen-bond donors (Lipinski definition) is 2. The van der Waals surface area contributed by atoms with Crippen molar-refractivity contribution in [2.45, 2.75) is 24.9 Å². The number of nitrogens with two attached hydrogens (primary N) is 1. The summed E-state index contributed by atoms with van der Waals surface area (Å²) in [6.45, 7) is 1.94. The quantitative estimate of drug-likeness (QED) is 0.708. The van der Waals surface area contributed by atoms with Crippen LogP contribution in [-0.4, -0.2) is 36.2 Å². The van der Waals surface area contributed by atoms with Gasteiger partial charge in [-0.3, -0.25) is 14.7 Å². The lowest BCUT2D eigenvalue weighted by Gasteiger charge is -2.39. The van der Waals surface area contributed by atoms with Crippen LogP contribution in [0.25, 0.3) is 5.70 Å². The fraction of sp³-hybridized carbons (Fsp3) is 0.375. The highest BCUT2D eigenvalue weighted by atomic mass is 35.5. The zero-order valence-corrected chi connectivity index (χ0v) is 19.0. The van der Waals surface area contributed by atoms with Crippen LogP contribution >= 0.6 is 23.2 Å². The molecule has 1 amide bonds. The molecule has 3 heterocycles. The van der Waals surface area contributed by atoms with Crippen LogP contribution in [-0.2, 0) is 4.79 Å². The number of amides is 1. The van der Waals surface area contributed by atoms with Crippen LogP contribution in [0.4, 0.5) is 5.69 Å². The van der Waals surface area contributed by atoms with Crippen LogP contribution in [0.2, 0.25) is 10.0 Å². The lowest BCUT2D eigenvalue weighted by Crippen LogP contribution is -2.67. The minimum atomic E-state index is -1.17. The Morgan fingerprint density at radius 3 is 2.59 bits per heavy atom. The highest BCUT2D eigenvalue weighted by Crippen LogP contribution is 2.50. The summed E-state index contributed by atoms with van der Waals surface area (Å²) in [7, 11) is 0. The van der Waals surface area contributed by atoms with Crippen molar-refractivity contribution in [2.24, 2.45) is 17.6 Å². The number of anilines is 1. The number of hydrogen-bond acceptors (Lipinski definition) is 5. The van der Waals surface area contributed by atoms with Gasteiger partial charge in [-0.2, -0.15) is 5.43 Å². The smallest absolute Gasteiger partial charge is 0.259 e. The molecule has 2 aromatic rings. The SMILES string of the molecule is NC(=O)C1(N2CC3CCCC3C2)NN(c2ccc(Cl)cc2Cl)C2=C1COc1ccccc12. The number of nitrogens with zero attached hydrogens (tertiary/aromatic N) is 2. The number of halogens is 2. The van der Waals surface area contributed by atoms with E-state index >= 15 is 0 Å². The summed E-state index contributed by atoms with van der Waals surface area (Å²) in [4.78, 5) is 15.5. The Labute approximate surface area is 196 Å². The van der Waals surface area contributed by atoms with E-state index in [1.54, 1.807) is 12.1 Å². The van der Waals surface area contributed by atoms with Crippen LogP contribution < -0.4 is 20.9 Å². The Hall–Kier alpha value is -2.25. The molecule has 0 bridgehead atoms. The van der Waals surface area contributed by atoms with Crippen molar-refractivity contribution in [3.63, 3.8) is 0 Å². The molecule has 0 aromatic heterocycles. The van der Waals surface area contributed by atoms with Crippen LogP contribution in [0.1, 0.15) is 24.8 Å². The second kappa shape index (κ2) is 7.39. The van der Waals surface area contributed by atoms with Crippen molar-refractivity contribution in [2.75, 3.05) is 24.7 Å². The number of carbonyl (C=O) groups excluding carboxylic acids is 1. The summed E-state index contributed by atoms with van der Waals surface area (Å²) in [5.41, 5.74) is 11.8. The molecule has 3 unspecified atom stereocenters. The van der Waals surface area contributed by atoms with Crippen LogP contribution in [0.15, 0.2) is 48.0 Å². The normalized spacial score (nSPS) is 29.0. The molecular formula is C24H24Cl2N4O2. The van der Waals surface area contributed by atoms with Gasteiger partial charge in [-0.05, 0) is 55.0 Å². The van der Waals surface area contributed by atoms with Gasteiger partial charge in [0.1, 0.15) is 12.4 Å². The van der Waals surface area contributed by atoms with Gasteiger partial charge in [0, 0.05) is 29.2 Å². The van der Waals surface area contributed by atoms with Crippen LogP contribution in [0.3, 0.4) is 0 Å². The second-order valence-electron chi connectivity index (χ2n) is 9.09. The lowest BCUT2D eigenvalue weighted by molar-refractivity contribution is -0.129. The number of fused-ring (bicyclic) bond motifs is 3. The van der Waals surface area contributed by atoms with Crippen molar-refractivity contribution < 1.29 is 9.53 Å². The third-order valence-corrected chi connectivity index (χ3v) is 7.98. The molecule has 0 radical (unpaired) electrons. The molecular weight excluding hydrogens is 447 g/mol. The molecule has 32 heavy (non-hydrogen) atoms. The van der Waals surface area contributed by atoms with E-state index in [0.717, 1.165) is 35.7 Å². The van der Waals surface area contributed by atoms with Gasteiger partial charge < -0.3 is 10.5 Å². The first-order valence-electron chi connectivity index (χ1n) is 11.0. The highest BCUT2D eigenvalue weighted by Gasteiger charge is 2.58. The topological polar surface area (TPSA) is 70.8 Å². The third kappa shape index (κ3) is 2.83. The van der Waals surface area contributed by atoms with E-state index in [1.165, 1.54) is 19.3 Å². The van der Waals surface area contributed by atoms with E-state index < -0.39 is 11.6 Å². The van der Waals surface area contributed by atoms with E-state index in [2.05, 4.69) is 10.3 Å². The van der Waals surface area contributed by atoms with Gasteiger partial charge in [0.05, 0.1) is 16.4 Å². The maximum atomic E-state index is 13.3. The minimum absolute atomic E-state index is 0.274. The molecule has 1 saturated carbocycles. The molecule has 1 saturated heterocycles. The molecule has 3 atom stereocenters. The molecule has 2 aromatic carbocycles. The Morgan fingerprint density at radius 1 is 1.12 bits per heavy atom. The van der Waals surface area contributed by atoms with Gasteiger partial charge >= 0.3 is 0 Å². The Bertz CT molecular complexity index is 1140. The summed E-state index contributed by atoms with van der Waals surface area (Å²) in [6, 6.07) is 13.2. The van der Waals surface area contributed by atoms with E-state index in [-0.39, 0.29) is 6.61 Å². The number of nitrogens with one attached hydrogen (secondary N) is 1. The fourth-order valence-corrected chi connectivity index (χ4v) is 6.45. The molecule has 0 spiro atoms. The summed E-state index contributed by atoms with van der Waals surface area (Å²) in [5.74, 6) is 1.53. The van der Waals surface area contributed by atoms with E-state index in [0.29, 0.717) is 27.6 Å². The van der Waals surface area contributed by atoms with Gasteiger partial charge in [0.2, 0.25) is 0 Å². The number of primary amides is 1. The highest BCUT2D eigenvalue weighted by molar-refractivity contribution is 6.36. The number of hydrazine groups is 1. The van der Waals surface area contributed by atoms with Gasteiger partial charge in [0.25, 0.3) is 5.91 Å². The minimum Gasteiger partial charge on any atom is -0.488 e. The van der Waals surface area contributed by atoms with Crippen molar-refractivity contribution in [3.05, 3.63) is 63.6 Å². The van der Waals surface area contributed by atoms with Crippen LogP contribution in [0, 0.1) is 11.8 Å². The summed E-state index contributed by atoms with van der Waals surface area (Å²) in [5, 5.41) is 2.93. The number of likely N-dealkylation sites (tertiary alicyclic amines) is 1. The molecule has 6 rings (SSSR count). The molecule has 2 fully saturated rings. The Morgan fingerprint density at radius 2 is 1.88 bits per heavy atom. The molecule has 4 aliphatic rings. The van der Waals surface area contributed by atoms with E-state index in [1.807, 2.05) is 35.3 Å². The summed E-state index contributed by atoms with van der Waals surface area (Å²) >= 11 is 12.8. The zero-order chi connectivity index (χ0) is 22.0. The maximum Gasteiger partial charge on any atom is 0.259 e. The maximum absolute atomic E-state index is 13.3. The van der Waals surface area contributed by atoms with Crippen LogP contribution in [0.5, 0.6) is 5.75 Å². The first-order valence-corrected chi connectivity index (χ1v) is 11.8. The third-order valence-electron chi connectivity index (χ3n) is 7.44. The molecule has 1 aliphatic carbocycles. The number of carbonyl (C=O) groups is 1. The number of para-hydroxylation sites is 1. The number of benzene rings is 2. The standard InChI is InChI=1S/C24H24Cl2N4O2/c25-16-8-9-20(19(26)10-16)30-22-17-6-1-2-7-21(17)32-13-18(22)24(28-30,23(27)31)29-11-14-4-3-5-15(14)12-29/h1-2,6-10,14-15,28H,3-5,11-13H2,(H2,27,31). The average Bonchev–Trinajstić information content (AvgIpc) is 3.46. The monoisotopic (exact) mass is 470 g/mol. The van der Waals surface area contributed by atoms with E-state index in [4.69, 9.17) is 33.7 Å². The average molecular weight is 471 g/mol. The molecule has 166 valence electrons. The van der Waals surface area contributed by atoms with Gasteiger partial charge in [-0.15, -0.1) is 0 Å².